The summed E-state index contributed by atoms with van der Waals surface area (Å²) in [5.41, 5.74) is 4.30. The number of aliphatic hydroxyl groups excluding tert-OH is 1. The van der Waals surface area contributed by atoms with Crippen LogP contribution < -0.4 is 0 Å². The monoisotopic (exact) mass is 435 g/mol. The lowest BCUT2D eigenvalue weighted by molar-refractivity contribution is -0.176. The second-order valence-electron chi connectivity index (χ2n) is 11.7. The lowest BCUT2D eigenvalue weighted by atomic mass is 9.44. The number of benzene rings is 1. The molecule has 0 bridgehead atoms. The maximum Gasteiger partial charge on any atom is 0.144 e. The van der Waals surface area contributed by atoms with E-state index in [4.69, 9.17) is 9.47 Å². The fraction of sp³-hybridized carbons (Fsp3) is 0.643. The van der Waals surface area contributed by atoms with Crippen LogP contribution in [0.25, 0.3) is 10.9 Å². The van der Waals surface area contributed by atoms with Gasteiger partial charge in [-0.25, -0.2) is 0 Å². The molecule has 4 nitrogen and oxygen atoms in total. The molecule has 3 aliphatic carbocycles. The van der Waals surface area contributed by atoms with Crippen LogP contribution in [0.2, 0.25) is 0 Å². The molecule has 1 saturated carbocycles. The minimum absolute atomic E-state index is 0.000205. The van der Waals surface area contributed by atoms with Gasteiger partial charge in [-0.1, -0.05) is 32.0 Å². The van der Waals surface area contributed by atoms with Gasteiger partial charge in [0.05, 0.1) is 5.76 Å². The van der Waals surface area contributed by atoms with E-state index in [0.717, 1.165) is 25.2 Å². The van der Waals surface area contributed by atoms with E-state index in [9.17, 15) is 5.11 Å². The number of rotatable bonds is 3. The average molecular weight is 436 g/mol. The van der Waals surface area contributed by atoms with Gasteiger partial charge in [-0.2, -0.15) is 0 Å². The third-order valence-electron chi connectivity index (χ3n) is 10.2. The highest BCUT2D eigenvalue weighted by Crippen LogP contribution is 2.68. The lowest BCUT2D eigenvalue weighted by Gasteiger charge is -2.61. The average Bonchev–Trinajstić information content (AvgIpc) is 3.28. The van der Waals surface area contributed by atoms with Crippen molar-refractivity contribution in [3.63, 3.8) is 0 Å². The van der Waals surface area contributed by atoms with E-state index < -0.39 is 5.60 Å². The predicted octanol–water partition coefficient (Wildman–Crippen LogP) is 5.84. The van der Waals surface area contributed by atoms with Gasteiger partial charge in [0, 0.05) is 27.9 Å². The molecule has 2 fully saturated rings. The molecule has 1 aromatic heterocycles. The van der Waals surface area contributed by atoms with Crippen molar-refractivity contribution < 1.29 is 14.6 Å². The van der Waals surface area contributed by atoms with Crippen molar-refractivity contribution in [3.05, 3.63) is 47.4 Å². The number of allylic oxidation sites excluding steroid dienone is 2. The number of hydrogen-bond acceptors (Lipinski definition) is 3. The molecule has 0 radical (unpaired) electrons. The first kappa shape index (κ1) is 20.8. The molecule has 172 valence electrons. The van der Waals surface area contributed by atoms with Crippen molar-refractivity contribution in [3.8, 4) is 0 Å². The van der Waals surface area contributed by atoms with E-state index in [1.165, 1.54) is 41.6 Å². The Bertz CT molecular complexity index is 1080. The zero-order valence-electron chi connectivity index (χ0n) is 19.9. The van der Waals surface area contributed by atoms with Crippen molar-refractivity contribution in [2.75, 3.05) is 6.79 Å². The van der Waals surface area contributed by atoms with Crippen molar-refractivity contribution in [1.82, 2.24) is 4.98 Å². The van der Waals surface area contributed by atoms with Crippen LogP contribution in [0.3, 0.4) is 0 Å². The molecule has 4 heteroatoms. The Labute approximate surface area is 191 Å². The van der Waals surface area contributed by atoms with Crippen molar-refractivity contribution >= 4 is 10.9 Å². The minimum atomic E-state index is -0.477. The highest BCUT2D eigenvalue weighted by Gasteiger charge is 2.63. The summed E-state index contributed by atoms with van der Waals surface area (Å²) in [5.74, 6) is 3.05. The first-order chi connectivity index (χ1) is 15.3. The smallest absolute Gasteiger partial charge is 0.144 e. The van der Waals surface area contributed by atoms with Gasteiger partial charge in [0.25, 0.3) is 0 Å². The Morgan fingerprint density at radius 2 is 1.97 bits per heavy atom. The van der Waals surface area contributed by atoms with E-state index in [0.29, 0.717) is 11.8 Å². The number of fused-ring (bicyclic) bond motifs is 9. The van der Waals surface area contributed by atoms with Crippen LogP contribution in [0.15, 0.2) is 36.1 Å². The van der Waals surface area contributed by atoms with E-state index in [1.54, 1.807) is 5.56 Å². The van der Waals surface area contributed by atoms with Crippen LogP contribution in [-0.2, 0) is 21.3 Å². The first-order valence-corrected chi connectivity index (χ1v) is 12.5. The maximum absolute atomic E-state index is 9.31. The molecule has 0 spiro atoms. The summed E-state index contributed by atoms with van der Waals surface area (Å²) in [7, 11) is 0. The summed E-state index contributed by atoms with van der Waals surface area (Å²) < 4.78 is 12.2. The van der Waals surface area contributed by atoms with Crippen LogP contribution in [0.4, 0.5) is 0 Å². The summed E-state index contributed by atoms with van der Waals surface area (Å²) in [6.45, 7) is 8.94. The van der Waals surface area contributed by atoms with Crippen molar-refractivity contribution in [2.45, 2.75) is 83.3 Å². The Hall–Kier alpha value is -1.78. The molecule has 2 N–H and O–H groups in total. The van der Waals surface area contributed by atoms with Crippen LogP contribution in [0.1, 0.15) is 71.1 Å². The summed E-state index contributed by atoms with van der Waals surface area (Å²) in [4.78, 5) is 3.89. The molecule has 1 aliphatic heterocycles. The number of nitrogens with one attached hydrogen (secondary N) is 1. The van der Waals surface area contributed by atoms with E-state index in [1.807, 2.05) is 13.8 Å². The van der Waals surface area contributed by atoms with E-state index in [2.05, 4.69) is 49.2 Å². The minimum Gasteiger partial charge on any atom is -0.492 e. The summed E-state index contributed by atoms with van der Waals surface area (Å²) in [6, 6.07) is 8.86. The van der Waals surface area contributed by atoms with E-state index >= 15 is 0 Å². The Kier molecular flexibility index (Phi) is 4.46. The molecule has 2 aromatic rings. The zero-order valence-corrected chi connectivity index (χ0v) is 19.9. The Balaban J connectivity index is 1.38. The Morgan fingerprint density at radius 1 is 1.16 bits per heavy atom. The fourth-order valence-corrected chi connectivity index (χ4v) is 8.19. The largest absolute Gasteiger partial charge is 0.492 e. The SMILES string of the molecule is CC(C)(OCO)[C@@H]1CCC2C(=CC[C@@]3(C)C2CCC2Cc4c([nH]c5ccccc45)[C@@]23C)O1. The topological polar surface area (TPSA) is 54.5 Å². The van der Waals surface area contributed by atoms with Gasteiger partial charge in [-0.15, -0.1) is 0 Å². The molecule has 1 saturated heterocycles. The maximum atomic E-state index is 9.31. The molecule has 3 unspecified atom stereocenters. The summed E-state index contributed by atoms with van der Waals surface area (Å²) >= 11 is 0. The third kappa shape index (κ3) is 2.57. The molecule has 0 amide bonds. The fourth-order valence-electron chi connectivity index (χ4n) is 8.19. The zero-order chi connectivity index (χ0) is 22.3. The number of para-hydroxylation sites is 1. The first-order valence-electron chi connectivity index (χ1n) is 12.5. The number of aromatic amines is 1. The van der Waals surface area contributed by atoms with Gasteiger partial charge in [0.15, 0.2) is 0 Å². The van der Waals surface area contributed by atoms with Crippen LogP contribution in [0.5, 0.6) is 0 Å². The summed E-state index contributed by atoms with van der Waals surface area (Å²) in [6.07, 6.45) is 9.43. The highest BCUT2D eigenvalue weighted by atomic mass is 16.6. The number of aliphatic hydroxyl groups is 1. The highest BCUT2D eigenvalue weighted by molar-refractivity contribution is 5.86. The molecule has 32 heavy (non-hydrogen) atoms. The van der Waals surface area contributed by atoms with Crippen LogP contribution >= 0.6 is 0 Å². The molecule has 4 aliphatic rings. The van der Waals surface area contributed by atoms with Crippen LogP contribution in [0, 0.1) is 23.2 Å². The van der Waals surface area contributed by atoms with Gasteiger partial charge < -0.3 is 19.6 Å². The van der Waals surface area contributed by atoms with Gasteiger partial charge in [-0.05, 0) is 87.3 Å². The predicted molar refractivity (Wildman–Crippen MR) is 126 cm³/mol. The van der Waals surface area contributed by atoms with Gasteiger partial charge in [0.1, 0.15) is 18.5 Å². The van der Waals surface area contributed by atoms with Gasteiger partial charge >= 0.3 is 0 Å². The molecular formula is C28H37NO3. The summed E-state index contributed by atoms with van der Waals surface area (Å²) in [5, 5.41) is 10.7. The molecule has 2 heterocycles. The standard InChI is InChI=1S/C28H37NO3/c1-26(2,31-16-30)24-12-10-19-21-11-9-17-15-20-18-7-5-6-8-22(18)29-25(20)28(17,4)27(21,3)14-13-23(19)32-24/h5-8,13,17,19,21,24,29-30H,9-12,14-16H2,1-4H3/t17?,19?,21?,24-,27-,28+/m0/s1. The number of hydrogen-bond donors (Lipinski definition) is 2. The van der Waals surface area contributed by atoms with Crippen molar-refractivity contribution in [2.24, 2.45) is 23.2 Å². The molecule has 6 atom stereocenters. The Morgan fingerprint density at radius 3 is 2.78 bits per heavy atom. The number of aromatic nitrogens is 1. The quantitative estimate of drug-likeness (QED) is 0.595. The third-order valence-corrected chi connectivity index (χ3v) is 10.2. The van der Waals surface area contributed by atoms with Crippen LogP contribution in [-0.4, -0.2) is 28.6 Å². The molecule has 6 rings (SSSR count). The number of H-pyrrole nitrogens is 1. The molecule has 1 aromatic carbocycles. The second-order valence-corrected chi connectivity index (χ2v) is 11.7. The molecular weight excluding hydrogens is 398 g/mol. The van der Waals surface area contributed by atoms with Gasteiger partial charge in [0.2, 0.25) is 0 Å². The van der Waals surface area contributed by atoms with Gasteiger partial charge in [-0.3, -0.25) is 0 Å². The lowest BCUT2D eigenvalue weighted by Crippen LogP contribution is -2.57. The van der Waals surface area contributed by atoms with Crippen molar-refractivity contribution in [1.29, 1.82) is 0 Å². The second kappa shape index (κ2) is 6.87. The normalized spacial score (nSPS) is 38.3. The number of ether oxygens (including phenoxy) is 2. The van der Waals surface area contributed by atoms with E-state index in [-0.39, 0.29) is 23.7 Å².